The Bertz CT molecular complexity index is 1060. The van der Waals surface area contributed by atoms with Gasteiger partial charge in [-0.05, 0) is 55.8 Å². The zero-order valence-corrected chi connectivity index (χ0v) is 16.5. The van der Waals surface area contributed by atoms with Crippen LogP contribution in [0.15, 0.2) is 83.8 Å². The Hall–Kier alpha value is -3.12. The van der Waals surface area contributed by atoms with Crippen molar-refractivity contribution in [2.45, 2.75) is 18.7 Å². The molecule has 0 saturated carbocycles. The number of anilines is 1. The summed E-state index contributed by atoms with van der Waals surface area (Å²) in [6, 6.07) is 21.9. The number of carbonyl (C=O) groups is 1. The zero-order valence-electron chi connectivity index (χ0n) is 15.7. The van der Waals surface area contributed by atoms with Crippen LogP contribution in [0.3, 0.4) is 0 Å². The Kier molecular flexibility index (Phi) is 5.80. The van der Waals surface area contributed by atoms with Crippen molar-refractivity contribution in [1.82, 2.24) is 0 Å². The number of benzene rings is 3. The molecule has 0 fully saturated rings. The van der Waals surface area contributed by atoms with Crippen molar-refractivity contribution >= 4 is 21.6 Å². The first-order chi connectivity index (χ1) is 13.4. The molecular formula is C22H21NO4S. The van der Waals surface area contributed by atoms with E-state index >= 15 is 0 Å². The van der Waals surface area contributed by atoms with E-state index in [0.29, 0.717) is 5.75 Å². The summed E-state index contributed by atoms with van der Waals surface area (Å²) in [6.07, 6.45) is 0. The first-order valence-electron chi connectivity index (χ1n) is 8.77. The number of rotatable bonds is 6. The molecule has 0 unspecified atom stereocenters. The molecule has 0 radical (unpaired) electrons. The minimum Gasteiger partial charge on any atom is -0.484 e. The van der Waals surface area contributed by atoms with Crippen molar-refractivity contribution < 1.29 is 17.9 Å². The van der Waals surface area contributed by atoms with E-state index in [1.165, 1.54) is 12.1 Å². The second kappa shape index (κ2) is 8.27. The monoisotopic (exact) mass is 395 g/mol. The van der Waals surface area contributed by atoms with Crippen LogP contribution in [0.25, 0.3) is 0 Å². The van der Waals surface area contributed by atoms with Crippen LogP contribution in [0.4, 0.5) is 5.69 Å². The molecule has 0 atom stereocenters. The van der Waals surface area contributed by atoms with E-state index in [1.807, 2.05) is 26.0 Å². The number of hydrogen-bond donors (Lipinski definition) is 0. The average molecular weight is 395 g/mol. The molecule has 3 rings (SSSR count). The highest BCUT2D eigenvalue weighted by Crippen LogP contribution is 2.25. The average Bonchev–Trinajstić information content (AvgIpc) is 2.69. The summed E-state index contributed by atoms with van der Waals surface area (Å²) in [4.78, 5) is 13.0. The van der Waals surface area contributed by atoms with Gasteiger partial charge in [0.05, 0.1) is 10.6 Å². The van der Waals surface area contributed by atoms with Crippen LogP contribution in [-0.2, 0) is 14.8 Å². The van der Waals surface area contributed by atoms with Crippen LogP contribution < -0.4 is 9.04 Å². The van der Waals surface area contributed by atoms with Gasteiger partial charge >= 0.3 is 0 Å². The van der Waals surface area contributed by atoms with Gasteiger partial charge in [0.2, 0.25) is 0 Å². The Morgan fingerprint density at radius 2 is 1.54 bits per heavy atom. The van der Waals surface area contributed by atoms with Gasteiger partial charge in [-0.1, -0.05) is 48.0 Å². The molecule has 0 saturated heterocycles. The van der Waals surface area contributed by atoms with Gasteiger partial charge in [-0.15, -0.1) is 0 Å². The van der Waals surface area contributed by atoms with Gasteiger partial charge in [-0.3, -0.25) is 4.79 Å². The highest BCUT2D eigenvalue weighted by atomic mass is 32.2. The smallest absolute Gasteiger partial charge is 0.278 e. The standard InChI is InChI=1S/C22H21NO4S/c1-17-11-13-19(14-12-17)23(28(25,26)21-9-4-3-5-10-21)22(24)16-27-20-8-6-7-18(2)15-20/h3-15H,16H2,1-2H3. The molecule has 144 valence electrons. The third-order valence-electron chi connectivity index (χ3n) is 4.13. The third kappa shape index (κ3) is 4.40. The Balaban J connectivity index is 1.94. The molecule has 5 nitrogen and oxygen atoms in total. The molecule has 0 aromatic heterocycles. The molecule has 1 amide bonds. The summed E-state index contributed by atoms with van der Waals surface area (Å²) in [6.45, 7) is 3.40. The molecule has 3 aromatic rings. The summed E-state index contributed by atoms with van der Waals surface area (Å²) in [5.41, 5.74) is 2.22. The highest BCUT2D eigenvalue weighted by molar-refractivity contribution is 7.93. The third-order valence-corrected chi connectivity index (χ3v) is 5.89. The maximum atomic E-state index is 13.2. The molecule has 0 aliphatic carbocycles. The first-order valence-corrected chi connectivity index (χ1v) is 10.2. The number of carbonyl (C=O) groups excluding carboxylic acids is 1. The molecule has 0 spiro atoms. The van der Waals surface area contributed by atoms with Crippen LogP contribution >= 0.6 is 0 Å². The number of amides is 1. The Morgan fingerprint density at radius 1 is 0.857 bits per heavy atom. The van der Waals surface area contributed by atoms with E-state index in [-0.39, 0.29) is 10.6 Å². The number of sulfonamides is 1. The van der Waals surface area contributed by atoms with Crippen LogP contribution in [0.2, 0.25) is 0 Å². The lowest BCUT2D eigenvalue weighted by atomic mass is 10.2. The number of ether oxygens (including phenoxy) is 1. The topological polar surface area (TPSA) is 63.7 Å². The molecule has 0 N–H and O–H groups in total. The van der Waals surface area contributed by atoms with Gasteiger partial charge in [0.25, 0.3) is 15.9 Å². The van der Waals surface area contributed by atoms with E-state index in [9.17, 15) is 13.2 Å². The summed E-state index contributed by atoms with van der Waals surface area (Å²) >= 11 is 0. The zero-order chi connectivity index (χ0) is 20.1. The van der Waals surface area contributed by atoms with Crippen molar-refractivity contribution in [1.29, 1.82) is 0 Å². The lowest BCUT2D eigenvalue weighted by molar-refractivity contribution is -0.119. The minimum absolute atomic E-state index is 0.0412. The maximum absolute atomic E-state index is 13.2. The largest absolute Gasteiger partial charge is 0.484 e. The quantitative estimate of drug-likeness (QED) is 0.630. The molecule has 3 aromatic carbocycles. The van der Waals surface area contributed by atoms with Gasteiger partial charge in [0.15, 0.2) is 6.61 Å². The molecule has 0 aliphatic rings. The normalized spacial score (nSPS) is 11.1. The van der Waals surface area contributed by atoms with E-state index < -0.39 is 22.5 Å². The van der Waals surface area contributed by atoms with Crippen molar-refractivity contribution in [2.75, 3.05) is 10.9 Å². The van der Waals surface area contributed by atoms with Crippen molar-refractivity contribution in [3.63, 3.8) is 0 Å². The number of nitrogens with zero attached hydrogens (tertiary/aromatic N) is 1. The fourth-order valence-corrected chi connectivity index (χ4v) is 4.14. The fourth-order valence-electron chi connectivity index (χ4n) is 2.70. The number of hydrogen-bond acceptors (Lipinski definition) is 4. The van der Waals surface area contributed by atoms with Gasteiger partial charge in [-0.2, -0.15) is 4.31 Å². The molecule has 6 heteroatoms. The van der Waals surface area contributed by atoms with Crippen molar-refractivity contribution in [2.24, 2.45) is 0 Å². The van der Waals surface area contributed by atoms with Crippen LogP contribution in [0.5, 0.6) is 5.75 Å². The first kappa shape index (κ1) is 19.6. The van der Waals surface area contributed by atoms with E-state index in [4.69, 9.17) is 4.74 Å². The molecule has 0 aliphatic heterocycles. The lowest BCUT2D eigenvalue weighted by Crippen LogP contribution is -2.40. The van der Waals surface area contributed by atoms with Crippen LogP contribution in [0.1, 0.15) is 11.1 Å². The Labute approximate surface area is 165 Å². The molecular weight excluding hydrogens is 374 g/mol. The fraction of sp³-hybridized carbons (Fsp3) is 0.136. The van der Waals surface area contributed by atoms with Gasteiger partial charge in [0.1, 0.15) is 5.75 Å². The maximum Gasteiger partial charge on any atom is 0.278 e. The molecule has 0 heterocycles. The summed E-state index contributed by atoms with van der Waals surface area (Å²) in [5, 5.41) is 0. The minimum atomic E-state index is -4.07. The van der Waals surface area contributed by atoms with E-state index in [1.54, 1.807) is 54.6 Å². The Morgan fingerprint density at radius 3 is 2.18 bits per heavy atom. The predicted octanol–water partition coefficient (Wildman–Crippen LogP) is 4.10. The SMILES string of the molecule is Cc1ccc(N(C(=O)COc2cccc(C)c2)S(=O)(=O)c2ccccc2)cc1. The summed E-state index contributed by atoms with van der Waals surface area (Å²) in [5.74, 6) is -0.163. The summed E-state index contributed by atoms with van der Waals surface area (Å²) in [7, 11) is -4.07. The molecule has 28 heavy (non-hydrogen) atoms. The van der Waals surface area contributed by atoms with Gasteiger partial charge < -0.3 is 4.74 Å². The second-order valence-corrected chi connectivity index (χ2v) is 8.20. The van der Waals surface area contributed by atoms with Crippen molar-refractivity contribution in [3.8, 4) is 5.75 Å². The predicted molar refractivity (Wildman–Crippen MR) is 109 cm³/mol. The van der Waals surface area contributed by atoms with E-state index in [0.717, 1.165) is 15.4 Å². The van der Waals surface area contributed by atoms with Gasteiger partial charge in [-0.25, -0.2) is 8.42 Å². The lowest BCUT2D eigenvalue weighted by Gasteiger charge is -2.23. The second-order valence-electron chi connectivity index (χ2n) is 6.42. The van der Waals surface area contributed by atoms with Crippen molar-refractivity contribution in [3.05, 3.63) is 90.0 Å². The highest BCUT2D eigenvalue weighted by Gasteiger charge is 2.31. The number of aryl methyl sites for hydroxylation is 2. The van der Waals surface area contributed by atoms with Crippen LogP contribution in [-0.4, -0.2) is 20.9 Å². The molecule has 0 bridgehead atoms. The van der Waals surface area contributed by atoms with Crippen LogP contribution in [0, 0.1) is 13.8 Å². The summed E-state index contributed by atoms with van der Waals surface area (Å²) < 4.78 is 32.7. The van der Waals surface area contributed by atoms with E-state index in [2.05, 4.69) is 0 Å². The van der Waals surface area contributed by atoms with Gasteiger partial charge in [0, 0.05) is 0 Å².